The standard InChI is InChI=1S/C15H18N2O2S2/c1-3-8-16-13-9-21(18,19)10-14(13)17(15(16)20)12-6-4-11(2)5-7-12/h3-7,13-14H,1,8-10H2,2H3/t13-,14+/m0/s1. The number of aryl methyl sites for hydroxylation is 1. The average molecular weight is 322 g/mol. The van der Waals surface area contributed by atoms with Crippen molar-refractivity contribution in [1.29, 1.82) is 0 Å². The number of fused-ring (bicyclic) bond motifs is 1. The monoisotopic (exact) mass is 322 g/mol. The zero-order chi connectivity index (χ0) is 15.2. The highest BCUT2D eigenvalue weighted by Crippen LogP contribution is 2.35. The van der Waals surface area contributed by atoms with Gasteiger partial charge in [0.2, 0.25) is 0 Å². The SMILES string of the molecule is C=CCN1C(=S)N(c2ccc(C)cc2)[C@@H]2CS(=O)(=O)C[C@@H]21. The van der Waals surface area contributed by atoms with E-state index >= 15 is 0 Å². The lowest BCUT2D eigenvalue weighted by Gasteiger charge is -2.25. The van der Waals surface area contributed by atoms with Crippen molar-refractivity contribution in [3.05, 3.63) is 42.5 Å². The van der Waals surface area contributed by atoms with Crippen LogP contribution in [0.3, 0.4) is 0 Å². The first-order valence-corrected chi connectivity index (χ1v) is 9.14. The van der Waals surface area contributed by atoms with Crippen LogP contribution in [0.15, 0.2) is 36.9 Å². The summed E-state index contributed by atoms with van der Waals surface area (Å²) in [6, 6.07) is 7.88. The van der Waals surface area contributed by atoms with Crippen molar-refractivity contribution in [2.45, 2.75) is 19.0 Å². The maximum absolute atomic E-state index is 12.0. The highest BCUT2D eigenvalue weighted by molar-refractivity contribution is 7.91. The first kappa shape index (κ1) is 14.5. The van der Waals surface area contributed by atoms with E-state index in [9.17, 15) is 8.42 Å². The van der Waals surface area contributed by atoms with Crippen LogP contribution in [0.25, 0.3) is 0 Å². The van der Waals surface area contributed by atoms with Crippen molar-refractivity contribution >= 4 is 32.9 Å². The Kier molecular flexibility index (Phi) is 3.53. The van der Waals surface area contributed by atoms with Crippen molar-refractivity contribution in [1.82, 2.24) is 4.90 Å². The number of rotatable bonds is 3. The molecule has 0 aliphatic carbocycles. The molecule has 1 aromatic carbocycles. The van der Waals surface area contributed by atoms with E-state index in [0.717, 1.165) is 5.69 Å². The summed E-state index contributed by atoms with van der Waals surface area (Å²) in [6.07, 6.45) is 1.77. The average Bonchev–Trinajstić information content (AvgIpc) is 2.84. The first-order valence-electron chi connectivity index (χ1n) is 6.91. The number of hydrogen-bond donors (Lipinski definition) is 0. The zero-order valence-corrected chi connectivity index (χ0v) is 13.5. The number of thiocarbonyl (C=S) groups is 1. The maximum Gasteiger partial charge on any atom is 0.177 e. The molecule has 21 heavy (non-hydrogen) atoms. The highest BCUT2D eigenvalue weighted by atomic mass is 32.2. The molecule has 0 aromatic heterocycles. The van der Waals surface area contributed by atoms with Gasteiger partial charge in [0.15, 0.2) is 14.9 Å². The molecule has 2 saturated heterocycles. The van der Waals surface area contributed by atoms with Crippen molar-refractivity contribution in [2.24, 2.45) is 0 Å². The van der Waals surface area contributed by atoms with Crippen LogP contribution >= 0.6 is 12.2 Å². The molecule has 6 heteroatoms. The van der Waals surface area contributed by atoms with E-state index in [-0.39, 0.29) is 23.6 Å². The van der Waals surface area contributed by atoms with E-state index in [1.165, 1.54) is 5.56 Å². The summed E-state index contributed by atoms with van der Waals surface area (Å²) in [5, 5.41) is 0.698. The molecule has 0 unspecified atom stereocenters. The molecular weight excluding hydrogens is 304 g/mol. The molecule has 0 bridgehead atoms. The van der Waals surface area contributed by atoms with Gasteiger partial charge in [0, 0.05) is 12.2 Å². The second-order valence-electron chi connectivity index (χ2n) is 5.64. The molecule has 0 spiro atoms. The molecule has 2 heterocycles. The zero-order valence-electron chi connectivity index (χ0n) is 11.9. The van der Waals surface area contributed by atoms with Gasteiger partial charge in [-0.2, -0.15) is 0 Å². The van der Waals surface area contributed by atoms with Gasteiger partial charge < -0.3 is 9.80 Å². The van der Waals surface area contributed by atoms with Crippen LogP contribution in [0, 0.1) is 6.92 Å². The summed E-state index contributed by atoms with van der Waals surface area (Å²) in [5.41, 5.74) is 2.13. The number of anilines is 1. The summed E-state index contributed by atoms with van der Waals surface area (Å²) < 4.78 is 24.0. The van der Waals surface area contributed by atoms with Gasteiger partial charge in [-0.15, -0.1) is 6.58 Å². The number of nitrogens with zero attached hydrogens (tertiary/aromatic N) is 2. The summed E-state index contributed by atoms with van der Waals surface area (Å²) in [5.74, 6) is 0.341. The number of hydrogen-bond acceptors (Lipinski definition) is 3. The Labute approximate surface area is 131 Å². The van der Waals surface area contributed by atoms with E-state index in [4.69, 9.17) is 12.2 Å². The predicted molar refractivity (Wildman–Crippen MR) is 89.4 cm³/mol. The van der Waals surface area contributed by atoms with Crippen LogP contribution in [0.5, 0.6) is 0 Å². The van der Waals surface area contributed by atoms with Gasteiger partial charge in [-0.1, -0.05) is 23.8 Å². The predicted octanol–water partition coefficient (Wildman–Crippen LogP) is 1.75. The van der Waals surface area contributed by atoms with Crippen LogP contribution in [0.1, 0.15) is 5.56 Å². The van der Waals surface area contributed by atoms with Gasteiger partial charge in [-0.25, -0.2) is 8.42 Å². The third-order valence-corrected chi connectivity index (χ3v) is 6.25. The third-order valence-electron chi connectivity index (χ3n) is 4.12. The summed E-state index contributed by atoms with van der Waals surface area (Å²) >= 11 is 5.58. The van der Waals surface area contributed by atoms with Crippen molar-refractivity contribution < 1.29 is 8.42 Å². The second kappa shape index (κ2) is 5.10. The van der Waals surface area contributed by atoms with E-state index in [2.05, 4.69) is 6.58 Å². The molecule has 0 saturated carbocycles. The van der Waals surface area contributed by atoms with Gasteiger partial charge in [-0.3, -0.25) is 0 Å². The molecule has 1 aromatic rings. The summed E-state index contributed by atoms with van der Waals surface area (Å²) in [4.78, 5) is 3.98. The van der Waals surface area contributed by atoms with Crippen LogP contribution in [0.4, 0.5) is 5.69 Å². The number of benzene rings is 1. The molecule has 2 aliphatic heterocycles. The van der Waals surface area contributed by atoms with E-state index < -0.39 is 9.84 Å². The van der Waals surface area contributed by atoms with Crippen LogP contribution in [-0.2, 0) is 9.84 Å². The Morgan fingerprint density at radius 3 is 2.52 bits per heavy atom. The van der Waals surface area contributed by atoms with Crippen molar-refractivity contribution in [3.63, 3.8) is 0 Å². The molecule has 0 radical (unpaired) electrons. The van der Waals surface area contributed by atoms with Gasteiger partial charge in [0.05, 0.1) is 23.6 Å². The Balaban J connectivity index is 2.01. The molecule has 2 aliphatic rings. The van der Waals surface area contributed by atoms with E-state index in [1.54, 1.807) is 6.08 Å². The number of sulfone groups is 1. The van der Waals surface area contributed by atoms with Gasteiger partial charge in [0.25, 0.3) is 0 Å². The molecule has 3 rings (SSSR count). The molecule has 2 fully saturated rings. The fourth-order valence-corrected chi connectivity index (χ4v) is 5.54. The highest BCUT2D eigenvalue weighted by Gasteiger charge is 2.51. The van der Waals surface area contributed by atoms with Crippen LogP contribution in [0.2, 0.25) is 0 Å². The summed E-state index contributed by atoms with van der Waals surface area (Å²) in [7, 11) is -3.01. The van der Waals surface area contributed by atoms with Gasteiger partial charge in [-0.05, 0) is 31.3 Å². The third kappa shape index (κ3) is 2.46. The second-order valence-corrected chi connectivity index (χ2v) is 8.16. The minimum atomic E-state index is -3.01. The quantitative estimate of drug-likeness (QED) is 0.626. The Morgan fingerprint density at radius 1 is 1.29 bits per heavy atom. The fourth-order valence-electron chi connectivity index (χ4n) is 3.14. The molecule has 0 N–H and O–H groups in total. The smallest absolute Gasteiger partial charge is 0.177 e. The lowest BCUT2D eigenvalue weighted by molar-refractivity contribution is 0.389. The minimum absolute atomic E-state index is 0.0678. The van der Waals surface area contributed by atoms with Crippen LogP contribution < -0.4 is 4.90 Å². The Morgan fingerprint density at radius 2 is 1.90 bits per heavy atom. The Hall–Kier alpha value is -1.40. The van der Waals surface area contributed by atoms with Crippen molar-refractivity contribution in [2.75, 3.05) is 23.0 Å². The van der Waals surface area contributed by atoms with E-state index in [0.29, 0.717) is 11.7 Å². The molecule has 112 valence electrons. The molecule has 4 nitrogen and oxygen atoms in total. The largest absolute Gasteiger partial charge is 0.339 e. The molecule has 0 amide bonds. The normalized spacial score (nSPS) is 27.0. The van der Waals surface area contributed by atoms with Gasteiger partial charge in [0.1, 0.15) is 0 Å². The van der Waals surface area contributed by atoms with Gasteiger partial charge >= 0.3 is 0 Å². The molecular formula is C15H18N2O2S2. The van der Waals surface area contributed by atoms with E-state index in [1.807, 2.05) is 41.0 Å². The lowest BCUT2D eigenvalue weighted by Crippen LogP contribution is -2.37. The molecule has 2 atom stereocenters. The van der Waals surface area contributed by atoms with Crippen molar-refractivity contribution in [3.8, 4) is 0 Å². The fraction of sp³-hybridized carbons (Fsp3) is 0.400. The minimum Gasteiger partial charge on any atom is -0.339 e. The Bertz CT molecular complexity index is 682. The van der Waals surface area contributed by atoms with Crippen LogP contribution in [-0.4, -0.2) is 48.6 Å². The summed E-state index contributed by atoms with van der Waals surface area (Å²) in [6.45, 7) is 6.36. The first-order chi connectivity index (χ1) is 9.93. The topological polar surface area (TPSA) is 40.6 Å². The lowest BCUT2D eigenvalue weighted by atomic mass is 10.1. The maximum atomic E-state index is 12.0.